The second-order valence-corrected chi connectivity index (χ2v) is 4.58. The number of rotatable bonds is 2. The molecule has 1 aromatic carbocycles. The Morgan fingerprint density at radius 1 is 1.18 bits per heavy atom. The van der Waals surface area contributed by atoms with E-state index in [1.165, 1.54) is 4.90 Å². The topological polar surface area (TPSA) is 30.2 Å². The largest absolute Gasteiger partial charge is 0.304 e. The first-order valence-corrected chi connectivity index (χ1v) is 6.52. The first-order valence-electron chi connectivity index (χ1n) is 5.30. The van der Waals surface area contributed by atoms with Crippen LogP contribution in [0.3, 0.4) is 0 Å². The fourth-order valence-corrected chi connectivity index (χ4v) is 2.15. The van der Waals surface area contributed by atoms with E-state index in [4.69, 9.17) is 0 Å². The fourth-order valence-electron chi connectivity index (χ4n) is 1.74. The van der Waals surface area contributed by atoms with Gasteiger partial charge in [0.2, 0.25) is 0 Å². The van der Waals surface area contributed by atoms with Gasteiger partial charge in [0.15, 0.2) is 5.65 Å². The van der Waals surface area contributed by atoms with Gasteiger partial charge in [0.25, 0.3) is 0 Å². The Morgan fingerprint density at radius 3 is 2.71 bits per heavy atom. The molecule has 0 atom stereocenters. The molecule has 3 rings (SSSR count). The van der Waals surface area contributed by atoms with Crippen molar-refractivity contribution in [2.45, 2.75) is 4.90 Å². The minimum atomic E-state index is 0.872. The molecule has 0 radical (unpaired) electrons. The molecule has 0 bridgehead atoms. The number of nitrogens with zero attached hydrogens (tertiary/aromatic N) is 3. The van der Waals surface area contributed by atoms with Gasteiger partial charge in [-0.15, -0.1) is 11.8 Å². The standard InChI is InChI=1S/C13H11N3S/c1-17-11-4-2-10(3-5-11)12-9-16-7-6-14-8-13(16)15-12/h2-9H,1H3. The smallest absolute Gasteiger partial charge is 0.155 e. The predicted molar refractivity (Wildman–Crippen MR) is 70.2 cm³/mol. The molecule has 0 saturated heterocycles. The quantitative estimate of drug-likeness (QED) is 0.646. The lowest BCUT2D eigenvalue weighted by atomic mass is 10.2. The van der Waals surface area contributed by atoms with Gasteiger partial charge in [0, 0.05) is 29.0 Å². The normalized spacial score (nSPS) is 10.9. The van der Waals surface area contributed by atoms with E-state index < -0.39 is 0 Å². The molecule has 17 heavy (non-hydrogen) atoms. The molecule has 0 fully saturated rings. The third-order valence-electron chi connectivity index (χ3n) is 2.65. The maximum absolute atomic E-state index is 4.53. The van der Waals surface area contributed by atoms with Crippen molar-refractivity contribution in [1.82, 2.24) is 14.4 Å². The molecule has 0 amide bonds. The third kappa shape index (κ3) is 1.91. The number of aromatic nitrogens is 3. The summed E-state index contributed by atoms with van der Waals surface area (Å²) < 4.78 is 1.98. The molecule has 2 aromatic heterocycles. The maximum Gasteiger partial charge on any atom is 0.155 e. The van der Waals surface area contributed by atoms with Gasteiger partial charge in [-0.25, -0.2) is 4.98 Å². The summed E-state index contributed by atoms with van der Waals surface area (Å²) in [4.78, 5) is 9.86. The third-order valence-corrected chi connectivity index (χ3v) is 3.39. The van der Waals surface area contributed by atoms with Crippen LogP contribution in [0.15, 0.2) is 53.9 Å². The van der Waals surface area contributed by atoms with E-state index in [2.05, 4.69) is 40.5 Å². The molecule has 0 aliphatic heterocycles. The van der Waals surface area contributed by atoms with Crippen molar-refractivity contribution in [2.75, 3.05) is 6.26 Å². The number of thioether (sulfide) groups is 1. The van der Waals surface area contributed by atoms with Crippen LogP contribution in [0.25, 0.3) is 16.9 Å². The molecule has 3 aromatic rings. The first-order chi connectivity index (χ1) is 8.36. The van der Waals surface area contributed by atoms with E-state index >= 15 is 0 Å². The zero-order valence-electron chi connectivity index (χ0n) is 9.37. The van der Waals surface area contributed by atoms with Crippen LogP contribution in [0.4, 0.5) is 0 Å². The van der Waals surface area contributed by atoms with Gasteiger partial charge in [-0.1, -0.05) is 12.1 Å². The summed E-state index contributed by atoms with van der Waals surface area (Å²) in [6.45, 7) is 0. The van der Waals surface area contributed by atoms with Gasteiger partial charge in [-0.05, 0) is 18.4 Å². The van der Waals surface area contributed by atoms with E-state index in [0.717, 1.165) is 16.9 Å². The van der Waals surface area contributed by atoms with Gasteiger partial charge in [0.1, 0.15) is 0 Å². The van der Waals surface area contributed by atoms with E-state index in [1.54, 1.807) is 24.2 Å². The van der Waals surface area contributed by atoms with Crippen molar-refractivity contribution < 1.29 is 0 Å². The van der Waals surface area contributed by atoms with E-state index in [-0.39, 0.29) is 0 Å². The van der Waals surface area contributed by atoms with E-state index in [1.807, 2.05) is 16.8 Å². The molecular weight excluding hydrogens is 230 g/mol. The Morgan fingerprint density at radius 2 is 2.00 bits per heavy atom. The SMILES string of the molecule is CSc1ccc(-c2cn3ccncc3n2)cc1. The predicted octanol–water partition coefficient (Wildman–Crippen LogP) is 3.12. The molecule has 0 aliphatic rings. The number of benzene rings is 1. The van der Waals surface area contributed by atoms with Crippen LogP contribution in [0, 0.1) is 0 Å². The molecule has 2 heterocycles. The first kappa shape index (κ1) is 10.4. The van der Waals surface area contributed by atoms with Gasteiger partial charge < -0.3 is 4.40 Å². The lowest BCUT2D eigenvalue weighted by molar-refractivity contribution is 1.13. The van der Waals surface area contributed by atoms with Crippen LogP contribution in [-0.4, -0.2) is 20.6 Å². The summed E-state index contributed by atoms with van der Waals surface area (Å²) in [6.07, 6.45) is 9.52. The minimum Gasteiger partial charge on any atom is -0.304 e. The Kier molecular flexibility index (Phi) is 2.57. The molecule has 3 nitrogen and oxygen atoms in total. The van der Waals surface area contributed by atoms with Crippen LogP contribution >= 0.6 is 11.8 Å². The van der Waals surface area contributed by atoms with Gasteiger partial charge >= 0.3 is 0 Å². The van der Waals surface area contributed by atoms with E-state index in [0.29, 0.717) is 0 Å². The molecule has 0 N–H and O–H groups in total. The van der Waals surface area contributed by atoms with Crippen LogP contribution in [0.1, 0.15) is 0 Å². The lowest BCUT2D eigenvalue weighted by Crippen LogP contribution is -1.81. The van der Waals surface area contributed by atoms with Gasteiger partial charge in [0.05, 0.1) is 11.9 Å². The summed E-state index contributed by atoms with van der Waals surface area (Å²) in [5.41, 5.74) is 2.98. The van der Waals surface area contributed by atoms with Crippen LogP contribution < -0.4 is 0 Å². The summed E-state index contributed by atoms with van der Waals surface area (Å²) in [6, 6.07) is 8.42. The van der Waals surface area contributed by atoms with Crippen molar-refractivity contribution in [2.24, 2.45) is 0 Å². The molecule has 0 unspecified atom stereocenters. The zero-order chi connectivity index (χ0) is 11.7. The Labute approximate surface area is 104 Å². The Balaban J connectivity index is 2.07. The lowest BCUT2D eigenvalue weighted by Gasteiger charge is -1.98. The minimum absolute atomic E-state index is 0.872. The molecule has 4 heteroatoms. The summed E-state index contributed by atoms with van der Waals surface area (Å²) in [5.74, 6) is 0. The number of hydrogen-bond acceptors (Lipinski definition) is 3. The zero-order valence-corrected chi connectivity index (χ0v) is 10.2. The van der Waals surface area contributed by atoms with Crippen LogP contribution in [0.5, 0.6) is 0 Å². The van der Waals surface area contributed by atoms with E-state index in [9.17, 15) is 0 Å². The van der Waals surface area contributed by atoms with Crippen molar-refractivity contribution in [3.63, 3.8) is 0 Å². The number of imidazole rings is 1. The van der Waals surface area contributed by atoms with Crippen molar-refractivity contribution in [3.8, 4) is 11.3 Å². The van der Waals surface area contributed by atoms with Crippen LogP contribution in [0.2, 0.25) is 0 Å². The van der Waals surface area contributed by atoms with Gasteiger partial charge in [-0.3, -0.25) is 4.98 Å². The van der Waals surface area contributed by atoms with Crippen molar-refractivity contribution in [1.29, 1.82) is 0 Å². The maximum atomic E-state index is 4.53. The second kappa shape index (κ2) is 4.22. The highest BCUT2D eigenvalue weighted by Gasteiger charge is 2.03. The molecule has 0 spiro atoms. The number of fused-ring (bicyclic) bond motifs is 1. The molecule has 84 valence electrons. The fraction of sp³-hybridized carbons (Fsp3) is 0.0769. The average Bonchev–Trinajstić information content (AvgIpc) is 2.82. The second-order valence-electron chi connectivity index (χ2n) is 3.70. The van der Waals surface area contributed by atoms with Crippen LogP contribution in [-0.2, 0) is 0 Å². The van der Waals surface area contributed by atoms with Crippen molar-refractivity contribution >= 4 is 17.4 Å². The summed E-state index contributed by atoms with van der Waals surface area (Å²) in [5, 5.41) is 0. The summed E-state index contributed by atoms with van der Waals surface area (Å²) >= 11 is 1.74. The summed E-state index contributed by atoms with van der Waals surface area (Å²) in [7, 11) is 0. The molecular formula is C13H11N3S. The molecule has 0 aliphatic carbocycles. The monoisotopic (exact) mass is 241 g/mol. The Hall–Kier alpha value is -1.81. The highest BCUT2D eigenvalue weighted by atomic mass is 32.2. The van der Waals surface area contributed by atoms with Crippen molar-refractivity contribution in [3.05, 3.63) is 49.1 Å². The molecule has 0 saturated carbocycles. The Bertz CT molecular complexity index is 610. The van der Waals surface area contributed by atoms with Gasteiger partial charge in [-0.2, -0.15) is 0 Å². The number of hydrogen-bond donors (Lipinski definition) is 0. The highest BCUT2D eigenvalue weighted by Crippen LogP contribution is 2.22. The average molecular weight is 241 g/mol. The highest BCUT2D eigenvalue weighted by molar-refractivity contribution is 7.98.